The second kappa shape index (κ2) is 3.82. The van der Waals surface area contributed by atoms with Crippen molar-refractivity contribution in [1.82, 2.24) is 0 Å². The van der Waals surface area contributed by atoms with Crippen LogP contribution in [0.15, 0.2) is 57.7 Å². The molecule has 0 aliphatic heterocycles. The van der Waals surface area contributed by atoms with Gasteiger partial charge in [0.25, 0.3) is 0 Å². The molecule has 92 valence electrons. The van der Waals surface area contributed by atoms with Crippen molar-refractivity contribution in [3.8, 4) is 11.3 Å². The minimum Gasteiger partial charge on any atom is -0.456 e. The molecule has 2 heteroatoms. The van der Waals surface area contributed by atoms with Gasteiger partial charge in [-0.1, -0.05) is 36.4 Å². The number of hydrogen-bond donors (Lipinski definition) is 0. The second-order valence-electron chi connectivity index (χ2n) is 4.89. The fraction of sp³-hybridized carbons (Fsp3) is 0.118. The van der Waals surface area contributed by atoms with E-state index in [2.05, 4.69) is 6.07 Å². The van der Waals surface area contributed by atoms with Gasteiger partial charge in [0.05, 0.1) is 5.39 Å². The summed E-state index contributed by atoms with van der Waals surface area (Å²) in [5.74, 6) is 0.755. The Balaban J connectivity index is 2.15. The zero-order valence-corrected chi connectivity index (χ0v) is 10.3. The van der Waals surface area contributed by atoms with Crippen molar-refractivity contribution in [3.05, 3.63) is 69.9 Å². The van der Waals surface area contributed by atoms with Crippen LogP contribution in [0.2, 0.25) is 0 Å². The fourth-order valence-electron chi connectivity index (χ4n) is 2.84. The Bertz CT molecular complexity index is 843. The number of benzene rings is 2. The molecule has 0 amide bonds. The highest BCUT2D eigenvalue weighted by Gasteiger charge is 2.21. The molecule has 0 N–H and O–H groups in total. The maximum absolute atomic E-state index is 12.5. The van der Waals surface area contributed by atoms with Gasteiger partial charge in [-0.2, -0.15) is 0 Å². The lowest BCUT2D eigenvalue weighted by molar-refractivity contribution is 0.602. The summed E-state index contributed by atoms with van der Waals surface area (Å²) in [6.07, 6.45) is 1.67. The molecule has 2 aromatic carbocycles. The SMILES string of the molecule is O=c1c2c(oc3ccccc13)-c1ccccc1CC2. The van der Waals surface area contributed by atoms with Gasteiger partial charge < -0.3 is 4.42 Å². The molecule has 3 aromatic rings. The summed E-state index contributed by atoms with van der Waals surface area (Å²) >= 11 is 0. The van der Waals surface area contributed by atoms with Crippen molar-refractivity contribution in [2.45, 2.75) is 12.8 Å². The van der Waals surface area contributed by atoms with E-state index in [0.29, 0.717) is 11.0 Å². The van der Waals surface area contributed by atoms with Crippen molar-refractivity contribution in [3.63, 3.8) is 0 Å². The Morgan fingerprint density at radius 1 is 0.895 bits per heavy atom. The first-order valence-electron chi connectivity index (χ1n) is 6.47. The molecule has 2 nitrogen and oxygen atoms in total. The Labute approximate surface area is 110 Å². The van der Waals surface area contributed by atoms with Crippen molar-refractivity contribution >= 4 is 11.0 Å². The van der Waals surface area contributed by atoms with Crippen molar-refractivity contribution in [2.24, 2.45) is 0 Å². The van der Waals surface area contributed by atoms with E-state index in [0.717, 1.165) is 29.7 Å². The molecule has 1 aromatic heterocycles. The van der Waals surface area contributed by atoms with E-state index >= 15 is 0 Å². The standard InChI is InChI=1S/C17H12O2/c18-16-13-7-3-4-8-15(13)19-17-12-6-2-1-5-11(12)9-10-14(16)17/h1-8H,9-10H2. The number of fused-ring (bicyclic) bond motifs is 4. The van der Waals surface area contributed by atoms with Crippen LogP contribution in [0.4, 0.5) is 0 Å². The molecule has 1 aliphatic rings. The minimum atomic E-state index is 0.117. The van der Waals surface area contributed by atoms with E-state index in [9.17, 15) is 4.79 Å². The Morgan fingerprint density at radius 2 is 1.68 bits per heavy atom. The zero-order chi connectivity index (χ0) is 12.8. The van der Waals surface area contributed by atoms with E-state index in [4.69, 9.17) is 4.42 Å². The van der Waals surface area contributed by atoms with E-state index in [1.807, 2.05) is 42.5 Å². The van der Waals surface area contributed by atoms with Gasteiger partial charge in [-0.25, -0.2) is 0 Å². The molecule has 1 aliphatic carbocycles. The first kappa shape index (κ1) is 10.6. The molecular formula is C17H12O2. The highest BCUT2D eigenvalue weighted by molar-refractivity contribution is 5.81. The van der Waals surface area contributed by atoms with Gasteiger partial charge in [0.1, 0.15) is 11.3 Å². The third-order valence-electron chi connectivity index (χ3n) is 3.80. The highest BCUT2D eigenvalue weighted by atomic mass is 16.3. The quantitative estimate of drug-likeness (QED) is 0.609. The summed E-state index contributed by atoms with van der Waals surface area (Å²) in [4.78, 5) is 12.5. The van der Waals surface area contributed by atoms with Crippen LogP contribution in [0.25, 0.3) is 22.3 Å². The average molecular weight is 248 g/mol. The van der Waals surface area contributed by atoms with Crippen LogP contribution in [-0.2, 0) is 12.8 Å². The predicted octanol–water partition coefficient (Wildman–Crippen LogP) is 3.56. The van der Waals surface area contributed by atoms with Gasteiger partial charge in [-0.05, 0) is 30.5 Å². The summed E-state index contributed by atoms with van der Waals surface area (Å²) < 4.78 is 5.99. The van der Waals surface area contributed by atoms with Crippen LogP contribution >= 0.6 is 0 Å². The highest BCUT2D eigenvalue weighted by Crippen LogP contribution is 2.33. The first-order chi connectivity index (χ1) is 9.34. The smallest absolute Gasteiger partial charge is 0.196 e. The summed E-state index contributed by atoms with van der Waals surface area (Å²) in [6, 6.07) is 15.6. The van der Waals surface area contributed by atoms with E-state index in [-0.39, 0.29) is 5.43 Å². The largest absolute Gasteiger partial charge is 0.456 e. The lowest BCUT2D eigenvalue weighted by atomic mass is 9.89. The maximum Gasteiger partial charge on any atom is 0.196 e. The van der Waals surface area contributed by atoms with Gasteiger partial charge in [-0.3, -0.25) is 4.79 Å². The number of aryl methyl sites for hydroxylation is 1. The molecule has 4 rings (SSSR count). The number of para-hydroxylation sites is 1. The molecule has 0 saturated heterocycles. The van der Waals surface area contributed by atoms with Crippen LogP contribution in [0.1, 0.15) is 11.1 Å². The minimum absolute atomic E-state index is 0.117. The van der Waals surface area contributed by atoms with Crippen LogP contribution < -0.4 is 5.43 Å². The molecule has 0 atom stereocenters. The van der Waals surface area contributed by atoms with Crippen molar-refractivity contribution in [2.75, 3.05) is 0 Å². The van der Waals surface area contributed by atoms with Gasteiger partial charge in [0.15, 0.2) is 5.43 Å². The summed E-state index contributed by atoms with van der Waals surface area (Å²) in [6.45, 7) is 0. The van der Waals surface area contributed by atoms with Crippen LogP contribution in [-0.4, -0.2) is 0 Å². The first-order valence-corrected chi connectivity index (χ1v) is 6.47. The zero-order valence-electron chi connectivity index (χ0n) is 10.3. The Morgan fingerprint density at radius 3 is 2.63 bits per heavy atom. The Kier molecular flexibility index (Phi) is 2.12. The van der Waals surface area contributed by atoms with Crippen molar-refractivity contribution in [1.29, 1.82) is 0 Å². The van der Waals surface area contributed by atoms with Gasteiger partial charge >= 0.3 is 0 Å². The lowest BCUT2D eigenvalue weighted by Crippen LogP contribution is -2.16. The molecule has 0 bridgehead atoms. The Hall–Kier alpha value is -2.35. The molecule has 1 heterocycles. The normalized spacial score (nSPS) is 13.1. The van der Waals surface area contributed by atoms with E-state index < -0.39 is 0 Å². The van der Waals surface area contributed by atoms with E-state index in [1.54, 1.807) is 0 Å². The summed E-state index contributed by atoms with van der Waals surface area (Å²) in [5.41, 5.74) is 3.92. The van der Waals surface area contributed by atoms with Gasteiger partial charge in [0, 0.05) is 11.1 Å². The molecule has 0 fully saturated rings. The second-order valence-corrected chi connectivity index (χ2v) is 4.89. The predicted molar refractivity (Wildman–Crippen MR) is 75.3 cm³/mol. The maximum atomic E-state index is 12.5. The summed E-state index contributed by atoms with van der Waals surface area (Å²) in [7, 11) is 0. The molecule has 19 heavy (non-hydrogen) atoms. The molecule has 0 unspecified atom stereocenters. The lowest BCUT2D eigenvalue weighted by Gasteiger charge is -2.18. The number of rotatable bonds is 0. The average Bonchev–Trinajstić information content (AvgIpc) is 2.47. The monoisotopic (exact) mass is 248 g/mol. The van der Waals surface area contributed by atoms with Gasteiger partial charge in [0.2, 0.25) is 0 Å². The van der Waals surface area contributed by atoms with Crippen LogP contribution in [0.3, 0.4) is 0 Å². The molecule has 0 spiro atoms. The van der Waals surface area contributed by atoms with E-state index in [1.165, 1.54) is 5.56 Å². The fourth-order valence-corrected chi connectivity index (χ4v) is 2.84. The third kappa shape index (κ3) is 1.46. The third-order valence-corrected chi connectivity index (χ3v) is 3.80. The van der Waals surface area contributed by atoms with Crippen molar-refractivity contribution < 1.29 is 4.42 Å². The van der Waals surface area contributed by atoms with Crippen LogP contribution in [0.5, 0.6) is 0 Å². The topological polar surface area (TPSA) is 30.2 Å². The molecular weight excluding hydrogens is 236 g/mol. The number of hydrogen-bond acceptors (Lipinski definition) is 2. The van der Waals surface area contributed by atoms with Gasteiger partial charge in [-0.15, -0.1) is 0 Å². The van der Waals surface area contributed by atoms with Crippen LogP contribution in [0, 0.1) is 0 Å². The molecule has 0 radical (unpaired) electrons. The summed E-state index contributed by atoms with van der Waals surface area (Å²) in [5, 5.41) is 0.681. The molecule has 0 saturated carbocycles.